The van der Waals surface area contributed by atoms with Gasteiger partial charge in [0.05, 0.1) is 6.61 Å². The quantitative estimate of drug-likeness (QED) is 0.415. The fraction of sp³-hybridized carbons (Fsp3) is 0.727. The number of aliphatic hydroxyl groups is 3. The number of hydrogen-bond donors (Lipinski definition) is 4. The van der Waals surface area contributed by atoms with E-state index >= 15 is 0 Å². The Morgan fingerprint density at radius 2 is 2.11 bits per heavy atom. The molecule has 0 radical (unpaired) electrons. The monoisotopic (exact) mass is 272 g/mol. The fourth-order valence-corrected chi connectivity index (χ4v) is 2.59. The molecule has 0 aliphatic carbocycles. The number of nitrogens with zero attached hydrogens (tertiary/aromatic N) is 1. The van der Waals surface area contributed by atoms with Crippen LogP contribution in [0.2, 0.25) is 0 Å². The maximum absolute atomic E-state index is 11.4. The van der Waals surface area contributed by atoms with Gasteiger partial charge in [-0.15, -0.1) is 0 Å². The number of amides is 1. The summed E-state index contributed by atoms with van der Waals surface area (Å²) < 4.78 is 10.9. The van der Waals surface area contributed by atoms with Crippen molar-refractivity contribution in [1.29, 1.82) is 0 Å². The molecule has 0 aromatic carbocycles. The van der Waals surface area contributed by atoms with Crippen LogP contribution < -0.4 is 5.32 Å². The number of ether oxygens (including phenoxy) is 2. The molecule has 3 rings (SSSR count). The van der Waals surface area contributed by atoms with Crippen molar-refractivity contribution >= 4 is 5.91 Å². The molecule has 0 saturated carbocycles. The van der Waals surface area contributed by atoms with Gasteiger partial charge < -0.3 is 35.0 Å². The van der Waals surface area contributed by atoms with E-state index < -0.39 is 37.0 Å². The summed E-state index contributed by atoms with van der Waals surface area (Å²) in [5, 5.41) is 31.8. The minimum atomic E-state index is -1.26. The van der Waals surface area contributed by atoms with Gasteiger partial charge in [-0.3, -0.25) is 4.79 Å². The summed E-state index contributed by atoms with van der Waals surface area (Å²) in [6.45, 7) is 1.67. The molecule has 106 valence electrons. The van der Waals surface area contributed by atoms with E-state index in [0.717, 1.165) is 0 Å². The van der Waals surface area contributed by atoms with E-state index in [0.29, 0.717) is 5.57 Å². The van der Waals surface area contributed by atoms with Gasteiger partial charge in [0.2, 0.25) is 6.35 Å². The lowest BCUT2D eigenvalue weighted by atomic mass is 10.0. The van der Waals surface area contributed by atoms with E-state index in [2.05, 4.69) is 5.32 Å². The van der Waals surface area contributed by atoms with E-state index in [1.165, 1.54) is 11.1 Å². The zero-order valence-corrected chi connectivity index (χ0v) is 10.3. The van der Waals surface area contributed by atoms with Crippen LogP contribution in [0.4, 0.5) is 0 Å². The second-order valence-corrected chi connectivity index (χ2v) is 4.95. The van der Waals surface area contributed by atoms with E-state index in [-0.39, 0.29) is 12.5 Å². The lowest BCUT2D eigenvalue weighted by Gasteiger charge is -2.37. The maximum atomic E-state index is 11.4. The average Bonchev–Trinajstić information content (AvgIpc) is 2.56. The van der Waals surface area contributed by atoms with Crippen molar-refractivity contribution < 1.29 is 29.6 Å². The number of aliphatic hydroxyl groups excluding tert-OH is 3. The van der Waals surface area contributed by atoms with Crippen LogP contribution >= 0.6 is 0 Å². The zero-order valence-electron chi connectivity index (χ0n) is 10.3. The Hall–Kier alpha value is -1.19. The molecule has 1 amide bonds. The van der Waals surface area contributed by atoms with E-state index in [1.54, 1.807) is 6.92 Å². The highest BCUT2D eigenvalue weighted by atomic mass is 16.6. The molecule has 2 fully saturated rings. The highest BCUT2D eigenvalue weighted by Gasteiger charge is 2.54. The molecule has 3 aliphatic heterocycles. The van der Waals surface area contributed by atoms with Crippen molar-refractivity contribution in [1.82, 2.24) is 10.2 Å². The first kappa shape index (κ1) is 12.8. The van der Waals surface area contributed by atoms with Gasteiger partial charge in [-0.05, 0) is 6.92 Å². The largest absolute Gasteiger partial charge is 0.388 e. The van der Waals surface area contributed by atoms with Gasteiger partial charge in [0.25, 0.3) is 5.91 Å². The van der Waals surface area contributed by atoms with E-state index in [9.17, 15) is 20.1 Å². The topological polar surface area (TPSA) is 111 Å². The van der Waals surface area contributed by atoms with Crippen LogP contribution in [-0.4, -0.2) is 69.7 Å². The molecule has 0 spiro atoms. The second-order valence-electron chi connectivity index (χ2n) is 4.95. The van der Waals surface area contributed by atoms with Gasteiger partial charge in [0, 0.05) is 11.8 Å². The minimum absolute atomic E-state index is 0.0713. The van der Waals surface area contributed by atoms with Gasteiger partial charge in [0.1, 0.15) is 24.4 Å². The summed E-state index contributed by atoms with van der Waals surface area (Å²) in [6, 6.07) is 0. The Balaban J connectivity index is 1.85. The standard InChI is InChI=1S/C11H16N2O6/c1-4-2-13(11(17)12-9(4)16)10-8-6(15)7(19-10)5(14)3-18-8/h2,5-8,10-11,14-15,17H,3H2,1H3,(H,12,16)/t5?,6?,7-,8?,10-,11?/m1/s1. The number of carbonyl (C=O) groups excluding carboxylic acids is 1. The number of carbonyl (C=O) groups is 1. The fourth-order valence-electron chi connectivity index (χ4n) is 2.59. The minimum Gasteiger partial charge on any atom is -0.388 e. The van der Waals surface area contributed by atoms with E-state index in [4.69, 9.17) is 9.47 Å². The van der Waals surface area contributed by atoms with Crippen molar-refractivity contribution in [3.8, 4) is 0 Å². The maximum Gasteiger partial charge on any atom is 0.251 e. The lowest BCUT2D eigenvalue weighted by Crippen LogP contribution is -2.57. The molecule has 8 heteroatoms. The van der Waals surface area contributed by atoms with Crippen LogP contribution in [0.3, 0.4) is 0 Å². The van der Waals surface area contributed by atoms with Gasteiger partial charge in [0.15, 0.2) is 6.23 Å². The van der Waals surface area contributed by atoms with Crippen LogP contribution in [0.25, 0.3) is 0 Å². The summed E-state index contributed by atoms with van der Waals surface area (Å²) >= 11 is 0. The SMILES string of the molecule is CC1=CN([C@@H]2O[C@@H]3C(O)COC2C3O)C(O)NC1=O. The Bertz CT molecular complexity index is 427. The van der Waals surface area contributed by atoms with Gasteiger partial charge in [-0.2, -0.15) is 0 Å². The molecule has 4 unspecified atom stereocenters. The Morgan fingerprint density at radius 3 is 2.79 bits per heavy atom. The predicted molar refractivity (Wildman–Crippen MR) is 60.2 cm³/mol. The number of fused-ring (bicyclic) bond motifs is 2. The predicted octanol–water partition coefficient (Wildman–Crippen LogP) is -2.56. The highest BCUT2D eigenvalue weighted by molar-refractivity contribution is 5.93. The molecule has 3 heterocycles. The third-order valence-corrected chi connectivity index (χ3v) is 3.63. The molecule has 8 nitrogen and oxygen atoms in total. The van der Waals surface area contributed by atoms with Crippen LogP contribution in [0.15, 0.2) is 11.8 Å². The van der Waals surface area contributed by atoms with E-state index in [1.807, 2.05) is 0 Å². The third kappa shape index (κ3) is 1.92. The van der Waals surface area contributed by atoms with Crippen LogP contribution in [-0.2, 0) is 14.3 Å². The molecule has 0 aromatic rings. The highest BCUT2D eigenvalue weighted by Crippen LogP contribution is 2.34. The Labute approximate surface area is 109 Å². The second kappa shape index (κ2) is 4.43. The summed E-state index contributed by atoms with van der Waals surface area (Å²) in [6.07, 6.45) is -3.86. The molecule has 6 atom stereocenters. The summed E-state index contributed by atoms with van der Waals surface area (Å²) in [7, 11) is 0. The average molecular weight is 272 g/mol. The van der Waals surface area contributed by atoms with Gasteiger partial charge >= 0.3 is 0 Å². The summed E-state index contributed by atoms with van der Waals surface area (Å²) in [5.74, 6) is -0.369. The molecule has 3 aliphatic rings. The Kier molecular flexibility index (Phi) is 2.99. The van der Waals surface area contributed by atoms with Crippen LogP contribution in [0.1, 0.15) is 6.92 Å². The zero-order chi connectivity index (χ0) is 13.7. The lowest BCUT2D eigenvalue weighted by molar-refractivity contribution is -0.150. The first-order valence-corrected chi connectivity index (χ1v) is 6.07. The number of rotatable bonds is 1. The molecule has 2 bridgehead atoms. The van der Waals surface area contributed by atoms with Crippen molar-refractivity contribution in [2.45, 2.75) is 43.9 Å². The van der Waals surface area contributed by atoms with Gasteiger partial charge in [-0.25, -0.2) is 0 Å². The van der Waals surface area contributed by atoms with Gasteiger partial charge in [-0.1, -0.05) is 0 Å². The molecule has 0 aromatic heterocycles. The van der Waals surface area contributed by atoms with Crippen molar-refractivity contribution in [2.75, 3.05) is 6.61 Å². The third-order valence-electron chi connectivity index (χ3n) is 3.63. The summed E-state index contributed by atoms with van der Waals surface area (Å²) in [5.41, 5.74) is 0.408. The summed E-state index contributed by atoms with van der Waals surface area (Å²) in [4.78, 5) is 12.7. The Morgan fingerprint density at radius 1 is 1.37 bits per heavy atom. The van der Waals surface area contributed by atoms with Crippen LogP contribution in [0, 0.1) is 0 Å². The van der Waals surface area contributed by atoms with Crippen LogP contribution in [0.5, 0.6) is 0 Å². The first-order valence-electron chi connectivity index (χ1n) is 6.07. The molecular formula is C11H16N2O6. The molecule has 2 saturated heterocycles. The van der Waals surface area contributed by atoms with Crippen molar-refractivity contribution in [3.63, 3.8) is 0 Å². The number of hydrogen-bond acceptors (Lipinski definition) is 7. The van der Waals surface area contributed by atoms with Crippen molar-refractivity contribution in [2.24, 2.45) is 0 Å². The number of nitrogens with one attached hydrogen (secondary N) is 1. The first-order chi connectivity index (χ1) is 8.99. The smallest absolute Gasteiger partial charge is 0.251 e. The van der Waals surface area contributed by atoms with Crippen molar-refractivity contribution in [3.05, 3.63) is 11.8 Å². The normalized spacial score (nSPS) is 46.0. The molecule has 19 heavy (non-hydrogen) atoms. The molecular weight excluding hydrogens is 256 g/mol. The molecule has 4 N–H and O–H groups in total.